The van der Waals surface area contributed by atoms with Crippen LogP contribution in [0, 0.1) is 13.8 Å². The maximum atomic E-state index is 12.4. The molecule has 2 aromatic heterocycles. The molecule has 2 heterocycles. The second kappa shape index (κ2) is 8.53. The largest absolute Gasteiger partial charge is 0.461 e. The molecule has 2 aromatic carbocycles. The molecule has 0 saturated carbocycles. The first-order chi connectivity index (χ1) is 13.6. The molecule has 28 heavy (non-hydrogen) atoms. The van der Waals surface area contributed by atoms with E-state index in [0.29, 0.717) is 11.4 Å². The van der Waals surface area contributed by atoms with Gasteiger partial charge in [-0.1, -0.05) is 50.2 Å². The summed E-state index contributed by atoms with van der Waals surface area (Å²) < 4.78 is 5.82. The number of aromatic nitrogens is 1. The molecule has 142 valence electrons. The Morgan fingerprint density at radius 2 is 1.64 bits per heavy atom. The molecule has 0 atom stereocenters. The lowest BCUT2D eigenvalue weighted by molar-refractivity contribution is 0.102. The number of nitrogens with zero attached hydrogens (tertiary/aromatic N) is 1. The molecule has 0 saturated heterocycles. The summed E-state index contributed by atoms with van der Waals surface area (Å²) in [4.78, 5) is 16.8. The Morgan fingerprint density at radius 3 is 2.36 bits per heavy atom. The summed E-state index contributed by atoms with van der Waals surface area (Å²) in [6, 6.07) is 19.2. The maximum Gasteiger partial charge on any atom is 0.257 e. The molecule has 1 N–H and O–H groups in total. The number of anilines is 1. The Kier molecular flexibility index (Phi) is 5.90. The van der Waals surface area contributed by atoms with Crippen LogP contribution in [0.15, 0.2) is 71.3 Å². The molecule has 0 radical (unpaired) electrons. The number of hydrogen-bond donors (Lipinski definition) is 1. The minimum Gasteiger partial charge on any atom is -0.461 e. The van der Waals surface area contributed by atoms with E-state index in [0.717, 1.165) is 33.4 Å². The number of rotatable bonds is 3. The van der Waals surface area contributed by atoms with Gasteiger partial charge in [-0.2, -0.15) is 0 Å². The van der Waals surface area contributed by atoms with Crippen LogP contribution < -0.4 is 5.32 Å². The lowest BCUT2D eigenvalue weighted by Crippen LogP contribution is -2.14. The van der Waals surface area contributed by atoms with Crippen molar-refractivity contribution in [3.63, 3.8) is 0 Å². The predicted molar refractivity (Wildman–Crippen MR) is 115 cm³/mol. The number of furan rings is 1. The van der Waals surface area contributed by atoms with Crippen LogP contribution in [0.25, 0.3) is 22.1 Å². The van der Waals surface area contributed by atoms with Gasteiger partial charge in [-0.05, 0) is 43.7 Å². The zero-order valence-corrected chi connectivity index (χ0v) is 16.6. The van der Waals surface area contributed by atoms with Gasteiger partial charge in [0.15, 0.2) is 0 Å². The minimum absolute atomic E-state index is 0.159. The van der Waals surface area contributed by atoms with Crippen LogP contribution in [0.1, 0.15) is 35.5 Å². The van der Waals surface area contributed by atoms with Gasteiger partial charge in [0.1, 0.15) is 17.2 Å². The van der Waals surface area contributed by atoms with E-state index in [1.54, 1.807) is 12.3 Å². The Bertz CT molecular complexity index is 1100. The van der Waals surface area contributed by atoms with E-state index in [9.17, 15) is 4.79 Å². The van der Waals surface area contributed by atoms with Gasteiger partial charge in [0.25, 0.3) is 5.91 Å². The van der Waals surface area contributed by atoms with Gasteiger partial charge in [0, 0.05) is 28.3 Å². The zero-order valence-electron chi connectivity index (χ0n) is 16.6. The number of para-hydroxylation sites is 1. The quantitative estimate of drug-likeness (QED) is 0.453. The van der Waals surface area contributed by atoms with Gasteiger partial charge in [0.05, 0.1) is 0 Å². The molecule has 4 rings (SSSR count). The number of hydrogen-bond acceptors (Lipinski definition) is 3. The molecule has 0 spiro atoms. The Morgan fingerprint density at radius 1 is 0.929 bits per heavy atom. The molecule has 0 aliphatic heterocycles. The van der Waals surface area contributed by atoms with Gasteiger partial charge in [-0.25, -0.2) is 4.98 Å². The van der Waals surface area contributed by atoms with Crippen molar-refractivity contribution in [1.82, 2.24) is 4.98 Å². The van der Waals surface area contributed by atoms with Crippen LogP contribution in [0.3, 0.4) is 0 Å². The lowest BCUT2D eigenvalue weighted by Gasteiger charge is -2.07. The molecule has 0 aliphatic carbocycles. The fourth-order valence-electron chi connectivity index (χ4n) is 3.15. The van der Waals surface area contributed by atoms with Crippen LogP contribution in [0.5, 0.6) is 0 Å². The highest BCUT2D eigenvalue weighted by molar-refractivity contribution is 6.05. The second-order valence-electron chi connectivity index (χ2n) is 6.23. The summed E-state index contributed by atoms with van der Waals surface area (Å²) in [7, 11) is 0. The Hall–Kier alpha value is -3.40. The van der Waals surface area contributed by atoms with Crippen molar-refractivity contribution < 1.29 is 9.21 Å². The van der Waals surface area contributed by atoms with Crippen LogP contribution in [0.4, 0.5) is 5.82 Å². The fraction of sp³-hybridized carbons (Fsp3) is 0.167. The summed E-state index contributed by atoms with van der Waals surface area (Å²) in [5.74, 6) is 1.21. The van der Waals surface area contributed by atoms with Crippen molar-refractivity contribution in [2.45, 2.75) is 27.7 Å². The minimum atomic E-state index is -0.159. The van der Waals surface area contributed by atoms with E-state index >= 15 is 0 Å². The average Bonchev–Trinajstić information content (AvgIpc) is 3.06. The van der Waals surface area contributed by atoms with Crippen LogP contribution in [-0.2, 0) is 0 Å². The molecule has 1 amide bonds. The first kappa shape index (κ1) is 19.4. The number of fused-ring (bicyclic) bond motifs is 1. The third-order valence-electron chi connectivity index (χ3n) is 4.45. The topological polar surface area (TPSA) is 55.1 Å². The van der Waals surface area contributed by atoms with Crippen molar-refractivity contribution in [3.05, 3.63) is 83.7 Å². The van der Waals surface area contributed by atoms with E-state index in [1.807, 2.05) is 82.3 Å². The Balaban J connectivity index is 0.00000109. The van der Waals surface area contributed by atoms with Crippen LogP contribution >= 0.6 is 0 Å². The molecule has 4 heteroatoms. The standard InChI is InChI=1S/C22H18N2O2.C2H6/c1-14-7-3-4-8-17(14)22(25)24-20-12-11-16(13-23-20)21-15(2)26-19-10-6-5-9-18(19)21;1-2/h3-13H,1-2H3,(H,23,24,25);1-2H3. The van der Waals surface area contributed by atoms with Gasteiger partial charge < -0.3 is 9.73 Å². The van der Waals surface area contributed by atoms with Gasteiger partial charge in [-0.15, -0.1) is 0 Å². The highest BCUT2D eigenvalue weighted by Crippen LogP contribution is 2.34. The summed E-state index contributed by atoms with van der Waals surface area (Å²) in [6.07, 6.45) is 1.76. The maximum absolute atomic E-state index is 12.4. The van der Waals surface area contributed by atoms with Crippen LogP contribution in [-0.4, -0.2) is 10.9 Å². The normalized spacial score (nSPS) is 10.3. The average molecular weight is 372 g/mol. The molecule has 4 aromatic rings. The molecule has 0 bridgehead atoms. The molecular weight excluding hydrogens is 348 g/mol. The third kappa shape index (κ3) is 3.81. The van der Waals surface area contributed by atoms with Gasteiger partial charge in [0.2, 0.25) is 0 Å². The van der Waals surface area contributed by atoms with Crippen molar-refractivity contribution in [2.75, 3.05) is 5.32 Å². The number of benzene rings is 2. The van der Waals surface area contributed by atoms with E-state index < -0.39 is 0 Å². The highest BCUT2D eigenvalue weighted by atomic mass is 16.3. The molecule has 0 aliphatic rings. The van der Waals surface area contributed by atoms with E-state index in [1.165, 1.54) is 0 Å². The fourth-order valence-corrected chi connectivity index (χ4v) is 3.15. The number of pyridine rings is 1. The number of nitrogens with one attached hydrogen (secondary N) is 1. The summed E-state index contributed by atoms with van der Waals surface area (Å²) in [5, 5.41) is 3.91. The first-order valence-electron chi connectivity index (χ1n) is 9.45. The van der Waals surface area contributed by atoms with Crippen molar-refractivity contribution in [2.24, 2.45) is 0 Å². The monoisotopic (exact) mass is 372 g/mol. The van der Waals surface area contributed by atoms with Crippen molar-refractivity contribution >= 4 is 22.7 Å². The van der Waals surface area contributed by atoms with E-state index in [-0.39, 0.29) is 5.91 Å². The summed E-state index contributed by atoms with van der Waals surface area (Å²) in [6.45, 7) is 7.86. The third-order valence-corrected chi connectivity index (χ3v) is 4.45. The van der Waals surface area contributed by atoms with Gasteiger partial charge >= 0.3 is 0 Å². The van der Waals surface area contributed by atoms with Crippen molar-refractivity contribution in [3.8, 4) is 11.1 Å². The number of aryl methyl sites for hydroxylation is 2. The van der Waals surface area contributed by atoms with Crippen molar-refractivity contribution in [1.29, 1.82) is 0 Å². The molecule has 4 nitrogen and oxygen atoms in total. The predicted octanol–water partition coefficient (Wildman–Crippen LogP) is 6.39. The second-order valence-corrected chi connectivity index (χ2v) is 6.23. The number of carbonyl (C=O) groups is 1. The smallest absolute Gasteiger partial charge is 0.257 e. The number of amides is 1. The molecule has 0 fully saturated rings. The SMILES string of the molecule is CC.Cc1ccccc1C(=O)Nc1ccc(-c2c(C)oc3ccccc23)cn1. The highest BCUT2D eigenvalue weighted by Gasteiger charge is 2.14. The summed E-state index contributed by atoms with van der Waals surface area (Å²) >= 11 is 0. The first-order valence-corrected chi connectivity index (χ1v) is 9.45. The number of carbonyl (C=O) groups excluding carboxylic acids is 1. The zero-order chi connectivity index (χ0) is 20.1. The van der Waals surface area contributed by atoms with E-state index in [4.69, 9.17) is 4.42 Å². The lowest BCUT2D eigenvalue weighted by atomic mass is 10.0. The molecule has 0 unspecified atom stereocenters. The molecular formula is C24H24N2O2. The van der Waals surface area contributed by atoms with Crippen LogP contribution in [0.2, 0.25) is 0 Å². The Labute approximate surface area is 165 Å². The van der Waals surface area contributed by atoms with Gasteiger partial charge in [-0.3, -0.25) is 4.79 Å². The summed E-state index contributed by atoms with van der Waals surface area (Å²) in [5.41, 5.74) is 4.43. The van der Waals surface area contributed by atoms with E-state index in [2.05, 4.69) is 10.3 Å².